The average Bonchev–Trinajstić information content (AvgIpc) is 3.41. The highest BCUT2D eigenvalue weighted by Crippen LogP contribution is 2.43. The third-order valence-corrected chi connectivity index (χ3v) is 8.18. The summed E-state index contributed by atoms with van der Waals surface area (Å²) in [5.41, 5.74) is 5.81. The van der Waals surface area contributed by atoms with Gasteiger partial charge >= 0.3 is 0 Å². The number of aliphatic hydroxyl groups excluding tert-OH is 1. The standard InChI is InChI=1S/C33H29Br2F2N3O4/c34-24-11-5-21(6-12-24)19-33(32(42)40-38-20-27-28(36)3-1-4-29(27)37)30(22-7-13-25(35)14-8-22)44-31(39-33)23-9-15-26(16-10-23)43-18-2-17-41/h1,3-16,30,38,41H,2,17-20H2,(H,40,42)/t30-,33-/m0/s1. The van der Waals surface area contributed by atoms with Gasteiger partial charge in [0.05, 0.1) is 6.61 Å². The smallest absolute Gasteiger partial charge is 0.266 e. The first-order valence-corrected chi connectivity index (χ1v) is 15.4. The van der Waals surface area contributed by atoms with Crippen molar-refractivity contribution in [1.82, 2.24) is 10.9 Å². The Balaban J connectivity index is 1.52. The van der Waals surface area contributed by atoms with E-state index in [-0.39, 0.29) is 31.0 Å². The highest BCUT2D eigenvalue weighted by atomic mass is 79.9. The number of aliphatic hydroxyl groups is 1. The third kappa shape index (κ3) is 7.35. The Bertz CT molecular complexity index is 1600. The summed E-state index contributed by atoms with van der Waals surface area (Å²) in [5, 5.41) is 9.03. The van der Waals surface area contributed by atoms with Crippen molar-refractivity contribution in [2.75, 3.05) is 13.2 Å². The quantitative estimate of drug-likeness (QED) is 0.113. The number of aliphatic imine (C=N–C) groups is 1. The molecule has 0 fully saturated rings. The predicted molar refractivity (Wildman–Crippen MR) is 170 cm³/mol. The number of nitrogens with zero attached hydrogens (tertiary/aromatic N) is 1. The molecule has 11 heteroatoms. The number of hydrazine groups is 1. The maximum Gasteiger partial charge on any atom is 0.266 e. The molecular formula is C33H29Br2F2N3O4. The fraction of sp³-hybridized carbons (Fsp3) is 0.212. The summed E-state index contributed by atoms with van der Waals surface area (Å²) < 4.78 is 42.4. The maximum absolute atomic E-state index is 14.3. The zero-order chi connectivity index (χ0) is 31.1. The molecule has 3 N–H and O–H groups in total. The number of carbonyl (C=O) groups is 1. The Labute approximate surface area is 270 Å². The van der Waals surface area contributed by atoms with Gasteiger partial charge in [-0.1, -0.05) is 62.2 Å². The SMILES string of the molecule is O=C(NNCc1c(F)cccc1F)[C@@]1(Cc2ccc(Br)cc2)N=C(c2ccc(OCCCO)cc2)O[C@H]1c1ccc(Br)cc1. The van der Waals surface area contributed by atoms with Gasteiger partial charge in [0.25, 0.3) is 5.91 Å². The molecule has 1 aliphatic heterocycles. The van der Waals surface area contributed by atoms with Crippen molar-refractivity contribution >= 4 is 43.7 Å². The van der Waals surface area contributed by atoms with Gasteiger partial charge in [0.2, 0.25) is 5.90 Å². The van der Waals surface area contributed by atoms with E-state index in [1.165, 1.54) is 6.07 Å². The molecule has 4 aromatic carbocycles. The van der Waals surface area contributed by atoms with Crippen molar-refractivity contribution in [2.24, 2.45) is 4.99 Å². The fourth-order valence-corrected chi connectivity index (χ4v) is 5.38. The van der Waals surface area contributed by atoms with E-state index in [1.54, 1.807) is 24.3 Å². The van der Waals surface area contributed by atoms with Crippen LogP contribution in [0.5, 0.6) is 5.75 Å². The largest absolute Gasteiger partial charge is 0.494 e. The monoisotopic (exact) mass is 727 g/mol. The van der Waals surface area contributed by atoms with Crippen molar-refractivity contribution in [1.29, 1.82) is 0 Å². The van der Waals surface area contributed by atoms with E-state index in [0.717, 1.165) is 26.6 Å². The van der Waals surface area contributed by atoms with Crippen LogP contribution in [0, 0.1) is 11.6 Å². The lowest BCUT2D eigenvalue weighted by molar-refractivity contribution is -0.130. The normalized spacial score (nSPS) is 17.6. The van der Waals surface area contributed by atoms with Crippen LogP contribution in [0.2, 0.25) is 0 Å². The Morgan fingerprint density at radius 3 is 2.20 bits per heavy atom. The molecule has 0 saturated heterocycles. The van der Waals surface area contributed by atoms with E-state index in [0.29, 0.717) is 29.9 Å². The molecule has 0 bridgehead atoms. The number of halogens is 4. The molecule has 0 aliphatic carbocycles. The van der Waals surface area contributed by atoms with Crippen LogP contribution in [0.4, 0.5) is 8.78 Å². The average molecular weight is 729 g/mol. The van der Waals surface area contributed by atoms with Gasteiger partial charge in [-0.15, -0.1) is 0 Å². The Hall–Kier alpha value is -3.64. The number of hydrogen-bond donors (Lipinski definition) is 3. The Morgan fingerprint density at radius 1 is 0.932 bits per heavy atom. The lowest BCUT2D eigenvalue weighted by Gasteiger charge is -2.31. The van der Waals surface area contributed by atoms with Gasteiger partial charge in [0, 0.05) is 46.1 Å². The van der Waals surface area contributed by atoms with Gasteiger partial charge in [-0.25, -0.2) is 19.2 Å². The van der Waals surface area contributed by atoms with Crippen LogP contribution < -0.4 is 15.6 Å². The summed E-state index contributed by atoms with van der Waals surface area (Å²) in [4.78, 5) is 19.2. The molecular weight excluding hydrogens is 700 g/mol. The minimum atomic E-state index is -1.51. The number of benzene rings is 4. The van der Waals surface area contributed by atoms with Gasteiger partial charge in [-0.2, -0.15) is 0 Å². The molecule has 2 atom stereocenters. The number of rotatable bonds is 12. The van der Waals surface area contributed by atoms with Crippen LogP contribution >= 0.6 is 31.9 Å². The van der Waals surface area contributed by atoms with Gasteiger partial charge in [-0.3, -0.25) is 10.2 Å². The molecule has 0 unspecified atom stereocenters. The highest BCUT2D eigenvalue weighted by Gasteiger charge is 2.53. The van der Waals surface area contributed by atoms with Crippen LogP contribution in [0.3, 0.4) is 0 Å². The topological polar surface area (TPSA) is 92.2 Å². The van der Waals surface area contributed by atoms with E-state index in [9.17, 15) is 13.6 Å². The van der Waals surface area contributed by atoms with Crippen LogP contribution in [0.25, 0.3) is 0 Å². The third-order valence-electron chi connectivity index (χ3n) is 7.12. The Morgan fingerprint density at radius 2 is 1.57 bits per heavy atom. The molecule has 5 rings (SSSR count). The highest BCUT2D eigenvalue weighted by molar-refractivity contribution is 9.10. The van der Waals surface area contributed by atoms with Crippen molar-refractivity contribution in [2.45, 2.75) is 31.0 Å². The molecule has 0 spiro atoms. The summed E-state index contributed by atoms with van der Waals surface area (Å²) in [6.45, 7) is 0.128. The molecule has 44 heavy (non-hydrogen) atoms. The first-order valence-electron chi connectivity index (χ1n) is 13.9. The number of carbonyl (C=O) groups excluding carboxylic acids is 1. The lowest BCUT2D eigenvalue weighted by Crippen LogP contribution is -2.53. The van der Waals surface area contributed by atoms with Gasteiger partial charge in [0.15, 0.2) is 11.6 Å². The van der Waals surface area contributed by atoms with Crippen molar-refractivity contribution in [3.63, 3.8) is 0 Å². The van der Waals surface area contributed by atoms with Crippen LogP contribution in [0.15, 0.2) is 105 Å². The van der Waals surface area contributed by atoms with E-state index in [2.05, 4.69) is 42.7 Å². The first kappa shape index (κ1) is 31.8. The molecule has 228 valence electrons. The van der Waals surface area contributed by atoms with E-state index in [4.69, 9.17) is 19.6 Å². The molecule has 1 amide bonds. The van der Waals surface area contributed by atoms with E-state index >= 15 is 0 Å². The van der Waals surface area contributed by atoms with Crippen LogP contribution in [-0.2, 0) is 22.5 Å². The molecule has 0 radical (unpaired) electrons. The summed E-state index contributed by atoms with van der Waals surface area (Å²) in [6, 6.07) is 25.7. The molecule has 0 saturated carbocycles. The second-order valence-corrected chi connectivity index (χ2v) is 12.0. The second-order valence-electron chi connectivity index (χ2n) is 10.2. The van der Waals surface area contributed by atoms with Crippen LogP contribution in [0.1, 0.15) is 34.8 Å². The lowest BCUT2D eigenvalue weighted by atomic mass is 9.82. The summed E-state index contributed by atoms with van der Waals surface area (Å²) in [6.07, 6.45) is -0.173. The molecule has 7 nitrogen and oxygen atoms in total. The van der Waals surface area contributed by atoms with Crippen molar-refractivity contribution in [3.8, 4) is 5.75 Å². The minimum absolute atomic E-state index is 0.0345. The summed E-state index contributed by atoms with van der Waals surface area (Å²) >= 11 is 6.93. The van der Waals surface area contributed by atoms with E-state index in [1.807, 2.05) is 48.5 Å². The minimum Gasteiger partial charge on any atom is -0.494 e. The summed E-state index contributed by atoms with van der Waals surface area (Å²) in [7, 11) is 0. The zero-order valence-corrected chi connectivity index (χ0v) is 26.6. The molecule has 4 aromatic rings. The first-order chi connectivity index (χ1) is 21.3. The van der Waals surface area contributed by atoms with Crippen LogP contribution in [-0.4, -0.2) is 35.7 Å². The maximum atomic E-state index is 14.3. The summed E-state index contributed by atoms with van der Waals surface area (Å²) in [5.74, 6) is -1.11. The molecule has 1 heterocycles. The van der Waals surface area contributed by atoms with Gasteiger partial charge in [0.1, 0.15) is 17.4 Å². The zero-order valence-electron chi connectivity index (χ0n) is 23.4. The number of ether oxygens (including phenoxy) is 2. The second kappa shape index (κ2) is 14.4. The number of amides is 1. The van der Waals surface area contributed by atoms with Gasteiger partial charge in [-0.05, 0) is 71.8 Å². The fourth-order valence-electron chi connectivity index (χ4n) is 4.86. The molecule has 0 aromatic heterocycles. The van der Waals surface area contributed by atoms with Crippen molar-refractivity contribution in [3.05, 3.63) is 134 Å². The predicted octanol–water partition coefficient (Wildman–Crippen LogP) is 6.57. The van der Waals surface area contributed by atoms with E-state index < -0.39 is 29.2 Å². The van der Waals surface area contributed by atoms with Gasteiger partial charge < -0.3 is 14.6 Å². The van der Waals surface area contributed by atoms with Crippen molar-refractivity contribution < 1.29 is 28.2 Å². The molecule has 1 aliphatic rings. The Kier molecular flexibility index (Phi) is 10.4. The number of hydrogen-bond acceptors (Lipinski definition) is 6. The number of nitrogens with one attached hydrogen (secondary N) is 2.